The van der Waals surface area contributed by atoms with E-state index < -0.39 is 12.1 Å². The lowest BCUT2D eigenvalue weighted by Crippen LogP contribution is -2.36. The van der Waals surface area contributed by atoms with Crippen molar-refractivity contribution < 1.29 is 19.1 Å². The van der Waals surface area contributed by atoms with Crippen LogP contribution in [0.1, 0.15) is 217 Å². The van der Waals surface area contributed by atoms with Crippen LogP contribution in [0.5, 0.6) is 11.5 Å². The highest BCUT2D eigenvalue weighted by Crippen LogP contribution is 2.36. The summed E-state index contributed by atoms with van der Waals surface area (Å²) in [6, 6.07) is 11.9. The number of nitrogens with zero attached hydrogens (tertiary/aromatic N) is 6. The molecule has 2 atom stereocenters. The molecule has 2 heterocycles. The van der Waals surface area contributed by atoms with Crippen molar-refractivity contribution >= 4 is 11.8 Å². The molecule has 4 rings (SSSR count). The summed E-state index contributed by atoms with van der Waals surface area (Å²) >= 11 is 0. The molecule has 0 radical (unpaired) electrons. The van der Waals surface area contributed by atoms with E-state index in [1.807, 2.05) is 40.1 Å². The predicted octanol–water partition coefficient (Wildman–Crippen LogP) is 11.7. The van der Waals surface area contributed by atoms with Crippen LogP contribution >= 0.6 is 0 Å². The standard InChI is InChI=1S/C52H82N8O4/c1-35(2)43-25-23-26-44(36(3)4)49(43)63-33-41-31-59(57-55-41)47(39(9)10)51(61)53-29-21-19-17-15-13-14-16-18-20-22-30-54-52(62)48(40(11)12)60-32-42(56-58-60)34-64-50-45(37(5)6)27-24-28-46(50)38(7)8/h23-28,31-32,35-40,47-48H,13-22,29-30,33-34H2,1-12H3,(H,53,61)(H,54,62). The van der Waals surface area contributed by atoms with Crippen LogP contribution in [0.4, 0.5) is 0 Å². The monoisotopic (exact) mass is 883 g/mol. The van der Waals surface area contributed by atoms with Crippen molar-refractivity contribution in [3.8, 4) is 11.5 Å². The van der Waals surface area contributed by atoms with E-state index in [9.17, 15) is 9.59 Å². The number of hydrogen-bond acceptors (Lipinski definition) is 8. The van der Waals surface area contributed by atoms with Crippen molar-refractivity contribution in [2.24, 2.45) is 11.8 Å². The minimum Gasteiger partial charge on any atom is -0.487 e. The smallest absolute Gasteiger partial charge is 0.245 e. The number of amides is 2. The predicted molar refractivity (Wildman–Crippen MR) is 258 cm³/mol. The van der Waals surface area contributed by atoms with Gasteiger partial charge in [-0.05, 0) is 70.6 Å². The zero-order valence-electron chi connectivity index (χ0n) is 41.5. The molecule has 0 spiro atoms. The van der Waals surface area contributed by atoms with Gasteiger partial charge < -0.3 is 20.1 Å². The SMILES string of the molecule is CC(C)c1cccc(C(C)C)c1OCc1cn(C(C(=O)NCCCCCCCCCCCCNC(=O)C(C(C)C)n2cc(COc3c(C(C)C)cccc3C(C)C)nn2)C(C)C)nn1. The molecule has 0 aliphatic heterocycles. The van der Waals surface area contributed by atoms with Crippen LogP contribution in [-0.4, -0.2) is 54.9 Å². The number of nitrogens with one attached hydrogen (secondary N) is 2. The minimum absolute atomic E-state index is 0.0197. The maximum Gasteiger partial charge on any atom is 0.245 e. The van der Waals surface area contributed by atoms with E-state index in [0.717, 1.165) is 37.2 Å². The lowest BCUT2D eigenvalue weighted by molar-refractivity contribution is -0.126. The van der Waals surface area contributed by atoms with Gasteiger partial charge in [0.15, 0.2) is 0 Å². The largest absolute Gasteiger partial charge is 0.487 e. The van der Waals surface area contributed by atoms with E-state index in [0.29, 0.717) is 61.4 Å². The van der Waals surface area contributed by atoms with Crippen molar-refractivity contribution in [2.45, 2.75) is 196 Å². The molecule has 12 heteroatoms. The summed E-state index contributed by atoms with van der Waals surface area (Å²) in [6.45, 7) is 27.5. The van der Waals surface area contributed by atoms with Gasteiger partial charge in [0.25, 0.3) is 0 Å². The second-order valence-electron chi connectivity index (χ2n) is 19.6. The van der Waals surface area contributed by atoms with Crippen molar-refractivity contribution in [3.05, 3.63) is 82.4 Å². The molecule has 2 amide bonds. The second kappa shape index (κ2) is 26.3. The van der Waals surface area contributed by atoms with Crippen LogP contribution < -0.4 is 20.1 Å². The Hall–Kier alpha value is -4.74. The molecule has 2 aromatic carbocycles. The van der Waals surface area contributed by atoms with Crippen LogP contribution in [0.15, 0.2) is 48.8 Å². The number of hydrogen-bond donors (Lipinski definition) is 2. The van der Waals surface area contributed by atoms with Gasteiger partial charge >= 0.3 is 0 Å². The summed E-state index contributed by atoms with van der Waals surface area (Å²) in [4.78, 5) is 26.6. The van der Waals surface area contributed by atoms with E-state index in [1.54, 1.807) is 9.36 Å². The average molecular weight is 883 g/mol. The number of unbranched alkanes of at least 4 members (excludes halogenated alkanes) is 9. The van der Waals surface area contributed by atoms with E-state index in [2.05, 4.69) is 123 Å². The van der Waals surface area contributed by atoms with Gasteiger partial charge in [0.05, 0.1) is 12.4 Å². The number of aromatic nitrogens is 6. The van der Waals surface area contributed by atoms with Gasteiger partial charge in [0.2, 0.25) is 11.8 Å². The highest BCUT2D eigenvalue weighted by Gasteiger charge is 2.27. The van der Waals surface area contributed by atoms with Gasteiger partial charge in [-0.25, -0.2) is 9.36 Å². The van der Waals surface area contributed by atoms with Crippen LogP contribution in [0, 0.1) is 11.8 Å². The number of ether oxygens (including phenoxy) is 2. The van der Waals surface area contributed by atoms with Gasteiger partial charge in [-0.3, -0.25) is 9.59 Å². The fourth-order valence-electron chi connectivity index (χ4n) is 8.38. The Balaban J connectivity index is 1.06. The second-order valence-corrected chi connectivity index (χ2v) is 19.6. The Labute approximate surface area is 385 Å². The third-order valence-electron chi connectivity index (χ3n) is 12.1. The Morgan fingerprint density at radius 3 is 1.06 bits per heavy atom. The molecule has 0 saturated heterocycles. The highest BCUT2D eigenvalue weighted by atomic mass is 16.5. The van der Waals surface area contributed by atoms with E-state index in [-0.39, 0.29) is 23.7 Å². The molecule has 64 heavy (non-hydrogen) atoms. The van der Waals surface area contributed by atoms with Crippen LogP contribution in [0.2, 0.25) is 0 Å². The molecule has 0 aliphatic rings. The quantitative estimate of drug-likeness (QED) is 0.0514. The fraction of sp³-hybridized carbons (Fsp3) is 0.654. The Bertz CT molecular complexity index is 1800. The summed E-state index contributed by atoms with van der Waals surface area (Å²) < 4.78 is 16.1. The summed E-state index contributed by atoms with van der Waals surface area (Å²) in [5, 5.41) is 23.8. The lowest BCUT2D eigenvalue weighted by Gasteiger charge is -2.20. The number of carbonyl (C=O) groups excluding carboxylic acids is 2. The van der Waals surface area contributed by atoms with Gasteiger partial charge in [0.1, 0.15) is 48.2 Å². The lowest BCUT2D eigenvalue weighted by atomic mass is 9.94. The number of para-hydroxylation sites is 2. The first-order valence-corrected chi connectivity index (χ1v) is 24.5. The van der Waals surface area contributed by atoms with Gasteiger partial charge in [-0.2, -0.15) is 0 Å². The molecule has 0 saturated carbocycles. The van der Waals surface area contributed by atoms with E-state index in [1.165, 1.54) is 60.8 Å². The minimum atomic E-state index is -0.430. The topological polar surface area (TPSA) is 138 Å². The summed E-state index contributed by atoms with van der Waals surface area (Å²) in [6.07, 6.45) is 15.0. The fourth-order valence-corrected chi connectivity index (χ4v) is 8.38. The molecule has 2 aromatic heterocycles. The molecule has 0 bridgehead atoms. The van der Waals surface area contributed by atoms with Crippen molar-refractivity contribution in [1.82, 2.24) is 40.6 Å². The summed E-state index contributed by atoms with van der Waals surface area (Å²) in [7, 11) is 0. The Morgan fingerprint density at radius 2 is 0.781 bits per heavy atom. The zero-order chi connectivity index (χ0) is 46.8. The zero-order valence-corrected chi connectivity index (χ0v) is 41.5. The summed E-state index contributed by atoms with van der Waals surface area (Å²) in [5.41, 5.74) is 6.16. The summed E-state index contributed by atoms with van der Waals surface area (Å²) in [5.74, 6) is 3.29. The molecule has 4 aromatic rings. The van der Waals surface area contributed by atoms with Crippen LogP contribution in [-0.2, 0) is 22.8 Å². The van der Waals surface area contributed by atoms with Gasteiger partial charge in [-0.1, -0.05) is 181 Å². The number of carbonyl (C=O) groups is 2. The molecule has 2 N–H and O–H groups in total. The molecular formula is C52H82N8O4. The molecule has 354 valence electrons. The third kappa shape index (κ3) is 15.5. The average Bonchev–Trinajstić information content (AvgIpc) is 3.91. The maximum absolute atomic E-state index is 13.3. The molecule has 0 fully saturated rings. The molecular weight excluding hydrogens is 801 g/mol. The third-order valence-corrected chi connectivity index (χ3v) is 12.1. The highest BCUT2D eigenvalue weighted by molar-refractivity contribution is 5.80. The van der Waals surface area contributed by atoms with E-state index in [4.69, 9.17) is 9.47 Å². The number of benzene rings is 2. The maximum atomic E-state index is 13.3. The van der Waals surface area contributed by atoms with Gasteiger partial charge in [0, 0.05) is 13.1 Å². The molecule has 12 nitrogen and oxygen atoms in total. The number of rotatable bonds is 29. The van der Waals surface area contributed by atoms with E-state index >= 15 is 0 Å². The normalized spacial score (nSPS) is 12.8. The van der Waals surface area contributed by atoms with Crippen molar-refractivity contribution in [2.75, 3.05) is 13.1 Å². The first kappa shape index (κ1) is 51.9. The van der Waals surface area contributed by atoms with Gasteiger partial charge in [-0.15, -0.1) is 10.2 Å². The Kier molecular flexibility index (Phi) is 21.3. The van der Waals surface area contributed by atoms with Crippen molar-refractivity contribution in [3.63, 3.8) is 0 Å². The molecule has 2 unspecified atom stereocenters. The molecule has 0 aliphatic carbocycles. The first-order chi connectivity index (χ1) is 30.6. The van der Waals surface area contributed by atoms with Crippen molar-refractivity contribution in [1.29, 1.82) is 0 Å². The van der Waals surface area contributed by atoms with Crippen LogP contribution in [0.3, 0.4) is 0 Å². The van der Waals surface area contributed by atoms with Crippen LogP contribution in [0.25, 0.3) is 0 Å². The first-order valence-electron chi connectivity index (χ1n) is 24.5. The Morgan fingerprint density at radius 1 is 0.484 bits per heavy atom.